The molecule has 0 aromatic rings. The van der Waals surface area contributed by atoms with Crippen molar-refractivity contribution in [1.29, 1.82) is 0 Å². The smallest absolute Gasteiger partial charge is 0.314 e. The quantitative estimate of drug-likeness (QED) is 0.164. The normalized spacial score (nSPS) is 55.6. The van der Waals surface area contributed by atoms with E-state index in [-0.39, 0.29) is 41.8 Å². The molecule has 0 amide bonds. The standard InChI is InChI=1S/C31H50O13/c1-28-7-3-8-29(2,18(28)6-9-30-10-15(4-5-19(28)30)31(40,13-30)14-33)27(39)44-26-24(22(37)21(36)17(11-32)42-26)43-25-23(38)20(35)16(34)12-41-25/h15-26,32-38,40H,3-14H2,1-2H3/t15-,16+,17-,18+,19+,20+,21-,22+,23-,24-,25+,26+,28-,29-,30+,31+/m1/s1. The molecule has 2 saturated heterocycles. The lowest BCUT2D eigenvalue weighted by Gasteiger charge is -2.63. The Bertz CT molecular complexity index is 1080. The van der Waals surface area contributed by atoms with E-state index in [4.69, 9.17) is 18.9 Å². The number of carbonyl (C=O) groups excluding carboxylic acids is 1. The van der Waals surface area contributed by atoms with Crippen molar-refractivity contribution in [3.8, 4) is 0 Å². The predicted molar refractivity (Wildman–Crippen MR) is 149 cm³/mol. The van der Waals surface area contributed by atoms with E-state index in [2.05, 4.69) is 6.92 Å². The number of fused-ring (bicyclic) bond motifs is 3. The molecule has 8 N–H and O–H groups in total. The summed E-state index contributed by atoms with van der Waals surface area (Å²) in [7, 11) is 0. The number of aliphatic hydroxyl groups is 8. The van der Waals surface area contributed by atoms with Gasteiger partial charge in [-0.25, -0.2) is 0 Å². The second kappa shape index (κ2) is 11.6. The zero-order valence-electron chi connectivity index (χ0n) is 25.5. The van der Waals surface area contributed by atoms with Gasteiger partial charge in [0.2, 0.25) is 6.29 Å². The first-order chi connectivity index (χ1) is 20.7. The predicted octanol–water partition coefficient (Wildman–Crippen LogP) is -1.07. The summed E-state index contributed by atoms with van der Waals surface area (Å²) in [6, 6.07) is 0. The Morgan fingerprint density at radius 3 is 2.34 bits per heavy atom. The van der Waals surface area contributed by atoms with Gasteiger partial charge in [-0.1, -0.05) is 13.3 Å². The van der Waals surface area contributed by atoms with E-state index in [1.165, 1.54) is 0 Å². The fourth-order valence-electron chi connectivity index (χ4n) is 10.6. The maximum Gasteiger partial charge on any atom is 0.314 e. The molecule has 0 aromatic carbocycles. The third kappa shape index (κ3) is 4.97. The fraction of sp³-hybridized carbons (Fsp3) is 0.968. The SMILES string of the molecule is C[C@@]12CCC[C@@](C)(C(=O)O[C@@H]3O[C@H](CO)[C@@H](O)[C@H](O)[C@H]3O[C@@H]3OC[C@H](O)[C@H](O)[C@H]3O)[C@H]1CC[C@@]13C[C@@H](CC[C@H]12)[C@@](O)(CO)C3. The molecule has 4 aliphatic carbocycles. The summed E-state index contributed by atoms with van der Waals surface area (Å²) < 4.78 is 22.8. The highest BCUT2D eigenvalue weighted by Crippen LogP contribution is 2.73. The zero-order chi connectivity index (χ0) is 31.8. The molecule has 6 aliphatic rings. The van der Waals surface area contributed by atoms with Gasteiger partial charge in [-0.3, -0.25) is 4.79 Å². The maximum absolute atomic E-state index is 14.2. The van der Waals surface area contributed by atoms with Crippen molar-refractivity contribution in [2.45, 2.75) is 133 Å². The van der Waals surface area contributed by atoms with Crippen LogP contribution in [0.15, 0.2) is 0 Å². The highest BCUT2D eigenvalue weighted by Gasteiger charge is 2.68. The Kier molecular flexibility index (Phi) is 8.70. The van der Waals surface area contributed by atoms with Crippen LogP contribution in [0.2, 0.25) is 0 Å². The van der Waals surface area contributed by atoms with Gasteiger partial charge in [-0.15, -0.1) is 0 Å². The first-order valence-electron chi connectivity index (χ1n) is 16.2. The van der Waals surface area contributed by atoms with Crippen LogP contribution in [-0.2, 0) is 23.7 Å². The number of rotatable bonds is 6. The Hall–Kier alpha value is -0.970. The number of hydrogen-bond acceptors (Lipinski definition) is 13. The summed E-state index contributed by atoms with van der Waals surface area (Å²) in [5.74, 6) is -0.238. The van der Waals surface area contributed by atoms with Crippen molar-refractivity contribution < 1.29 is 64.6 Å². The topological polar surface area (TPSA) is 216 Å². The monoisotopic (exact) mass is 630 g/mol. The average molecular weight is 631 g/mol. The summed E-state index contributed by atoms with van der Waals surface area (Å²) in [5, 5.41) is 83.0. The molecule has 4 saturated carbocycles. The Morgan fingerprint density at radius 1 is 0.886 bits per heavy atom. The molecular formula is C31H50O13. The van der Waals surface area contributed by atoms with Gasteiger partial charge in [0.05, 0.1) is 30.8 Å². The highest BCUT2D eigenvalue weighted by molar-refractivity contribution is 5.77. The molecule has 252 valence electrons. The van der Waals surface area contributed by atoms with Gasteiger partial charge in [-0.2, -0.15) is 0 Å². The minimum absolute atomic E-state index is 0.0431. The lowest BCUT2D eigenvalue weighted by atomic mass is 9.41. The number of ether oxygens (including phenoxy) is 4. The lowest BCUT2D eigenvalue weighted by Crippen LogP contribution is -2.64. The summed E-state index contributed by atoms with van der Waals surface area (Å²) in [4.78, 5) is 14.2. The third-order valence-corrected chi connectivity index (χ3v) is 12.9. The van der Waals surface area contributed by atoms with Crippen molar-refractivity contribution in [3.63, 3.8) is 0 Å². The van der Waals surface area contributed by atoms with E-state index < -0.39 is 78.9 Å². The molecule has 44 heavy (non-hydrogen) atoms. The summed E-state index contributed by atoms with van der Waals surface area (Å²) >= 11 is 0. The Balaban J connectivity index is 1.23. The molecule has 13 heteroatoms. The van der Waals surface area contributed by atoms with Gasteiger partial charge in [0.15, 0.2) is 12.4 Å². The molecular weight excluding hydrogens is 580 g/mol. The minimum Gasteiger partial charge on any atom is -0.432 e. The highest BCUT2D eigenvalue weighted by atomic mass is 16.8. The fourth-order valence-corrected chi connectivity index (χ4v) is 10.6. The second-order valence-electron chi connectivity index (χ2n) is 15.2. The van der Waals surface area contributed by atoms with Crippen LogP contribution in [0.25, 0.3) is 0 Å². The summed E-state index contributed by atoms with van der Waals surface area (Å²) in [6.45, 7) is 2.89. The van der Waals surface area contributed by atoms with Crippen molar-refractivity contribution in [1.82, 2.24) is 0 Å². The second-order valence-corrected chi connectivity index (χ2v) is 15.2. The molecule has 6 rings (SSSR count). The van der Waals surface area contributed by atoms with Crippen LogP contribution in [0.5, 0.6) is 0 Å². The van der Waals surface area contributed by atoms with E-state index in [9.17, 15) is 45.6 Å². The molecule has 0 radical (unpaired) electrons. The van der Waals surface area contributed by atoms with Crippen LogP contribution in [0.3, 0.4) is 0 Å². The number of carbonyl (C=O) groups is 1. The van der Waals surface area contributed by atoms with Crippen LogP contribution >= 0.6 is 0 Å². The van der Waals surface area contributed by atoms with Gasteiger partial charge >= 0.3 is 5.97 Å². The first kappa shape index (κ1) is 33.0. The van der Waals surface area contributed by atoms with E-state index in [0.29, 0.717) is 12.8 Å². The number of hydrogen-bond donors (Lipinski definition) is 8. The van der Waals surface area contributed by atoms with Crippen molar-refractivity contribution in [2.24, 2.45) is 34.0 Å². The van der Waals surface area contributed by atoms with Gasteiger partial charge in [0.25, 0.3) is 0 Å². The van der Waals surface area contributed by atoms with Crippen molar-refractivity contribution in [2.75, 3.05) is 19.8 Å². The molecule has 6 fully saturated rings. The lowest BCUT2D eigenvalue weighted by molar-refractivity contribution is -0.352. The van der Waals surface area contributed by atoms with E-state index >= 15 is 0 Å². The Morgan fingerprint density at radius 2 is 1.64 bits per heavy atom. The van der Waals surface area contributed by atoms with Crippen LogP contribution < -0.4 is 0 Å². The molecule has 2 aliphatic heterocycles. The van der Waals surface area contributed by atoms with Crippen LogP contribution in [-0.4, -0.2) is 128 Å². The first-order valence-corrected chi connectivity index (χ1v) is 16.2. The van der Waals surface area contributed by atoms with E-state index in [0.717, 1.165) is 44.9 Å². The van der Waals surface area contributed by atoms with Crippen LogP contribution in [0, 0.1) is 34.0 Å². The molecule has 2 bridgehead atoms. The number of aliphatic hydroxyl groups excluding tert-OH is 7. The summed E-state index contributed by atoms with van der Waals surface area (Å²) in [6.07, 6.45) is -6.80. The largest absolute Gasteiger partial charge is 0.432 e. The third-order valence-electron chi connectivity index (χ3n) is 12.9. The summed E-state index contributed by atoms with van der Waals surface area (Å²) in [5.41, 5.74) is -2.27. The van der Waals surface area contributed by atoms with Crippen molar-refractivity contribution in [3.05, 3.63) is 0 Å². The average Bonchev–Trinajstić information content (AvgIpc) is 3.20. The number of esters is 1. The van der Waals surface area contributed by atoms with E-state index in [1.807, 2.05) is 6.92 Å². The molecule has 0 unspecified atom stereocenters. The van der Waals surface area contributed by atoms with Gasteiger partial charge in [-0.05, 0) is 86.9 Å². The molecule has 0 aromatic heterocycles. The molecule has 13 nitrogen and oxygen atoms in total. The van der Waals surface area contributed by atoms with Gasteiger partial charge in [0.1, 0.15) is 36.6 Å². The maximum atomic E-state index is 14.2. The van der Waals surface area contributed by atoms with Crippen LogP contribution in [0.4, 0.5) is 0 Å². The van der Waals surface area contributed by atoms with Gasteiger partial charge < -0.3 is 59.8 Å². The minimum atomic E-state index is -1.71. The molecule has 1 spiro atoms. The molecule has 2 heterocycles. The Labute approximate surface area is 257 Å². The zero-order valence-corrected chi connectivity index (χ0v) is 25.5. The van der Waals surface area contributed by atoms with Crippen molar-refractivity contribution >= 4 is 5.97 Å². The molecule has 16 atom stereocenters. The van der Waals surface area contributed by atoms with Gasteiger partial charge in [0, 0.05) is 0 Å². The van der Waals surface area contributed by atoms with Crippen LogP contribution in [0.1, 0.15) is 71.6 Å². The van der Waals surface area contributed by atoms with E-state index in [1.54, 1.807) is 0 Å².